The van der Waals surface area contributed by atoms with Crippen molar-refractivity contribution in [2.45, 2.75) is 38.3 Å². The van der Waals surface area contributed by atoms with Crippen molar-refractivity contribution in [1.29, 1.82) is 0 Å². The topological polar surface area (TPSA) is 33.7 Å². The first-order chi connectivity index (χ1) is 8.83. The molecule has 3 atom stereocenters. The molecular formula is C14H28N2O2. The average molecular weight is 256 g/mol. The van der Waals surface area contributed by atoms with Gasteiger partial charge in [-0.15, -0.1) is 0 Å². The molecule has 4 nitrogen and oxygen atoms in total. The molecule has 0 aromatic rings. The molecule has 18 heavy (non-hydrogen) atoms. The lowest BCUT2D eigenvalue weighted by atomic mass is 9.95. The second-order valence-electron chi connectivity index (χ2n) is 5.51. The minimum atomic E-state index is 0.461. The standard InChI is InChI=1S/C14H28N2O2/c1-3-16(10-13-5-4-7-18-13)9-12-11-17-8-6-14(12)15-2/h12-15H,3-11H2,1-2H3. The zero-order valence-electron chi connectivity index (χ0n) is 11.9. The van der Waals surface area contributed by atoms with Crippen molar-refractivity contribution in [3.05, 3.63) is 0 Å². The number of likely N-dealkylation sites (N-methyl/N-ethyl adjacent to an activating group) is 1. The molecule has 3 unspecified atom stereocenters. The van der Waals surface area contributed by atoms with Crippen LogP contribution in [0.15, 0.2) is 0 Å². The van der Waals surface area contributed by atoms with E-state index >= 15 is 0 Å². The Bertz CT molecular complexity index is 232. The van der Waals surface area contributed by atoms with Crippen molar-refractivity contribution in [3.8, 4) is 0 Å². The van der Waals surface area contributed by atoms with Gasteiger partial charge in [-0.05, 0) is 32.9 Å². The highest BCUT2D eigenvalue weighted by atomic mass is 16.5. The smallest absolute Gasteiger partial charge is 0.0702 e. The molecule has 2 aliphatic rings. The highest BCUT2D eigenvalue weighted by Gasteiger charge is 2.27. The first-order valence-electron chi connectivity index (χ1n) is 7.42. The van der Waals surface area contributed by atoms with Crippen molar-refractivity contribution in [3.63, 3.8) is 0 Å². The van der Waals surface area contributed by atoms with Crippen LogP contribution < -0.4 is 5.32 Å². The minimum absolute atomic E-state index is 0.461. The Morgan fingerprint density at radius 1 is 1.22 bits per heavy atom. The van der Waals surface area contributed by atoms with E-state index in [2.05, 4.69) is 24.2 Å². The van der Waals surface area contributed by atoms with Crippen LogP contribution in [0, 0.1) is 5.92 Å². The molecule has 0 spiro atoms. The molecule has 0 radical (unpaired) electrons. The second kappa shape index (κ2) is 7.43. The van der Waals surface area contributed by atoms with Crippen LogP contribution in [0.1, 0.15) is 26.2 Å². The van der Waals surface area contributed by atoms with E-state index in [-0.39, 0.29) is 0 Å². The fraction of sp³-hybridized carbons (Fsp3) is 1.00. The van der Waals surface area contributed by atoms with E-state index < -0.39 is 0 Å². The van der Waals surface area contributed by atoms with Crippen molar-refractivity contribution >= 4 is 0 Å². The summed E-state index contributed by atoms with van der Waals surface area (Å²) in [7, 11) is 2.07. The molecule has 0 bridgehead atoms. The van der Waals surface area contributed by atoms with Gasteiger partial charge < -0.3 is 19.7 Å². The lowest BCUT2D eigenvalue weighted by Gasteiger charge is -2.35. The fourth-order valence-corrected chi connectivity index (χ4v) is 3.10. The Hall–Kier alpha value is -0.160. The maximum absolute atomic E-state index is 5.74. The summed E-state index contributed by atoms with van der Waals surface area (Å²) in [5, 5.41) is 3.44. The number of hydrogen-bond acceptors (Lipinski definition) is 4. The van der Waals surface area contributed by atoms with E-state index in [1.165, 1.54) is 12.8 Å². The van der Waals surface area contributed by atoms with Crippen LogP contribution in [0.4, 0.5) is 0 Å². The molecule has 2 aliphatic heterocycles. The van der Waals surface area contributed by atoms with Gasteiger partial charge in [0, 0.05) is 38.3 Å². The van der Waals surface area contributed by atoms with Gasteiger partial charge in [-0.2, -0.15) is 0 Å². The Morgan fingerprint density at radius 2 is 2.11 bits per heavy atom. The molecule has 0 aromatic heterocycles. The normalized spacial score (nSPS) is 33.2. The van der Waals surface area contributed by atoms with Crippen LogP contribution in [0.5, 0.6) is 0 Å². The lowest BCUT2D eigenvalue weighted by Crippen LogP contribution is -2.47. The maximum Gasteiger partial charge on any atom is 0.0702 e. The quantitative estimate of drug-likeness (QED) is 0.772. The molecule has 2 fully saturated rings. The highest BCUT2D eigenvalue weighted by Crippen LogP contribution is 2.18. The molecular weight excluding hydrogens is 228 g/mol. The van der Waals surface area contributed by atoms with Gasteiger partial charge in [0.1, 0.15) is 0 Å². The predicted octanol–water partition coefficient (Wildman–Crippen LogP) is 1.11. The Morgan fingerprint density at radius 3 is 2.78 bits per heavy atom. The van der Waals surface area contributed by atoms with Crippen LogP contribution >= 0.6 is 0 Å². The number of hydrogen-bond donors (Lipinski definition) is 1. The van der Waals surface area contributed by atoms with Gasteiger partial charge in [-0.3, -0.25) is 0 Å². The summed E-state index contributed by atoms with van der Waals surface area (Å²) in [6.45, 7) is 8.31. The van der Waals surface area contributed by atoms with Crippen molar-refractivity contribution in [2.75, 3.05) is 46.5 Å². The number of nitrogens with one attached hydrogen (secondary N) is 1. The average Bonchev–Trinajstić information content (AvgIpc) is 2.91. The summed E-state index contributed by atoms with van der Waals surface area (Å²) >= 11 is 0. The van der Waals surface area contributed by atoms with Crippen LogP contribution in [0.3, 0.4) is 0 Å². The lowest BCUT2D eigenvalue weighted by molar-refractivity contribution is 0.00870. The number of nitrogens with zero attached hydrogens (tertiary/aromatic N) is 1. The molecule has 2 saturated heterocycles. The molecule has 4 heteroatoms. The molecule has 0 saturated carbocycles. The highest BCUT2D eigenvalue weighted by molar-refractivity contribution is 4.82. The van der Waals surface area contributed by atoms with Gasteiger partial charge in [0.05, 0.1) is 12.7 Å². The van der Waals surface area contributed by atoms with Crippen LogP contribution in [-0.2, 0) is 9.47 Å². The van der Waals surface area contributed by atoms with Gasteiger partial charge in [0.25, 0.3) is 0 Å². The summed E-state index contributed by atoms with van der Waals surface area (Å²) in [6, 6.07) is 0.609. The number of ether oxygens (including phenoxy) is 2. The van der Waals surface area contributed by atoms with Crippen molar-refractivity contribution < 1.29 is 9.47 Å². The van der Waals surface area contributed by atoms with E-state index in [0.717, 1.165) is 45.9 Å². The van der Waals surface area contributed by atoms with Gasteiger partial charge in [-0.25, -0.2) is 0 Å². The Balaban J connectivity index is 1.80. The Labute approximate surface area is 111 Å². The van der Waals surface area contributed by atoms with Gasteiger partial charge in [0.2, 0.25) is 0 Å². The monoisotopic (exact) mass is 256 g/mol. The zero-order chi connectivity index (χ0) is 12.8. The molecule has 0 aliphatic carbocycles. The summed E-state index contributed by atoms with van der Waals surface area (Å²) < 4.78 is 11.4. The third kappa shape index (κ3) is 3.92. The van der Waals surface area contributed by atoms with Gasteiger partial charge in [0.15, 0.2) is 0 Å². The van der Waals surface area contributed by atoms with Crippen LogP contribution in [0.25, 0.3) is 0 Å². The van der Waals surface area contributed by atoms with E-state index in [0.29, 0.717) is 18.1 Å². The molecule has 2 heterocycles. The third-order valence-electron chi connectivity index (χ3n) is 4.27. The van der Waals surface area contributed by atoms with Gasteiger partial charge in [-0.1, -0.05) is 6.92 Å². The first kappa shape index (κ1) is 14.3. The second-order valence-corrected chi connectivity index (χ2v) is 5.51. The predicted molar refractivity (Wildman–Crippen MR) is 72.9 cm³/mol. The van der Waals surface area contributed by atoms with E-state index in [9.17, 15) is 0 Å². The zero-order valence-corrected chi connectivity index (χ0v) is 11.9. The minimum Gasteiger partial charge on any atom is -0.381 e. The molecule has 0 aromatic carbocycles. The third-order valence-corrected chi connectivity index (χ3v) is 4.27. The summed E-state index contributed by atoms with van der Waals surface area (Å²) in [5.41, 5.74) is 0. The van der Waals surface area contributed by atoms with E-state index in [4.69, 9.17) is 9.47 Å². The molecule has 2 rings (SSSR count). The summed E-state index contributed by atoms with van der Waals surface area (Å²) in [5.74, 6) is 0.616. The fourth-order valence-electron chi connectivity index (χ4n) is 3.10. The van der Waals surface area contributed by atoms with Crippen molar-refractivity contribution in [1.82, 2.24) is 10.2 Å². The summed E-state index contributed by atoms with van der Waals surface area (Å²) in [4.78, 5) is 2.53. The maximum atomic E-state index is 5.74. The van der Waals surface area contributed by atoms with Crippen molar-refractivity contribution in [2.24, 2.45) is 5.92 Å². The van der Waals surface area contributed by atoms with Gasteiger partial charge >= 0.3 is 0 Å². The largest absolute Gasteiger partial charge is 0.381 e. The number of rotatable bonds is 6. The molecule has 0 amide bonds. The Kier molecular flexibility index (Phi) is 5.89. The van der Waals surface area contributed by atoms with E-state index in [1.54, 1.807) is 0 Å². The molecule has 1 N–H and O–H groups in total. The van der Waals surface area contributed by atoms with E-state index in [1.807, 2.05) is 0 Å². The summed E-state index contributed by atoms with van der Waals surface area (Å²) in [6.07, 6.45) is 4.06. The SMILES string of the molecule is CCN(CC1CCCO1)CC1COCCC1NC. The first-order valence-corrected chi connectivity index (χ1v) is 7.42. The van der Waals surface area contributed by atoms with Crippen LogP contribution in [-0.4, -0.2) is 63.5 Å². The molecule has 106 valence electrons. The van der Waals surface area contributed by atoms with Crippen LogP contribution in [0.2, 0.25) is 0 Å².